The first-order chi connectivity index (χ1) is 15.9. The van der Waals surface area contributed by atoms with Gasteiger partial charge >= 0.3 is 0 Å². The standard InChI is InChI=1S/C23H24F4N2O4S/c1-34(31,32)28-21-19(29(13-23(21,26)27)22(30)20-6-3-9-33-20)11-14-4-2-5-15(10-14)17-12-16(24)7-8-18(17)25/h2,4-5,7-8,10,12,19-21,28H,3,6,9,11,13H2,1H3/t19-,20+,21+/m0/s1. The van der Waals surface area contributed by atoms with Crippen molar-refractivity contribution in [2.45, 2.75) is 43.4 Å². The SMILES string of the molecule is CS(=O)(=O)N[C@@H]1[C@H](Cc2cccc(-c3cc(F)ccc3F)c2)N(C(=O)[C@H]2CCCO2)CC1(F)F. The van der Waals surface area contributed by atoms with E-state index < -0.39 is 58.2 Å². The quantitative estimate of drug-likeness (QED) is 0.619. The van der Waals surface area contributed by atoms with Gasteiger partial charge in [-0.1, -0.05) is 24.3 Å². The highest BCUT2D eigenvalue weighted by Gasteiger charge is 2.57. The van der Waals surface area contributed by atoms with Crippen molar-refractivity contribution in [2.24, 2.45) is 0 Å². The molecule has 2 aromatic rings. The van der Waals surface area contributed by atoms with Gasteiger partial charge in [-0.05, 0) is 48.6 Å². The fourth-order valence-electron chi connectivity index (χ4n) is 4.55. The minimum absolute atomic E-state index is 0.00305. The summed E-state index contributed by atoms with van der Waals surface area (Å²) in [6.45, 7) is -0.612. The second kappa shape index (κ2) is 9.27. The van der Waals surface area contributed by atoms with Gasteiger partial charge < -0.3 is 9.64 Å². The number of hydrogen-bond donors (Lipinski definition) is 1. The van der Waals surface area contributed by atoms with Gasteiger partial charge in [-0.15, -0.1) is 0 Å². The van der Waals surface area contributed by atoms with Crippen LogP contribution in [-0.2, 0) is 26.0 Å². The smallest absolute Gasteiger partial charge is 0.283 e. The number of alkyl halides is 2. The predicted octanol–water partition coefficient (Wildman–Crippen LogP) is 3.12. The fourth-order valence-corrected chi connectivity index (χ4v) is 5.34. The van der Waals surface area contributed by atoms with Gasteiger partial charge in [0.25, 0.3) is 11.8 Å². The number of halogens is 4. The van der Waals surface area contributed by atoms with E-state index in [2.05, 4.69) is 0 Å². The molecule has 2 heterocycles. The summed E-state index contributed by atoms with van der Waals surface area (Å²) in [5.74, 6) is -5.43. The Hall–Kier alpha value is -2.50. The van der Waals surface area contributed by atoms with Crippen LogP contribution >= 0.6 is 0 Å². The normalized spacial score (nSPS) is 24.5. The lowest BCUT2D eigenvalue weighted by atomic mass is 9.95. The lowest BCUT2D eigenvalue weighted by Gasteiger charge is -2.29. The maximum Gasteiger partial charge on any atom is 0.283 e. The third-order valence-corrected chi connectivity index (χ3v) is 6.74. The molecule has 184 valence electrons. The second-order valence-corrected chi connectivity index (χ2v) is 10.5. The van der Waals surface area contributed by atoms with E-state index in [9.17, 15) is 30.8 Å². The van der Waals surface area contributed by atoms with Crippen molar-refractivity contribution in [2.75, 3.05) is 19.4 Å². The average molecular weight is 501 g/mol. The van der Waals surface area contributed by atoms with E-state index in [1.165, 1.54) is 6.07 Å². The van der Waals surface area contributed by atoms with Crippen molar-refractivity contribution in [1.29, 1.82) is 0 Å². The van der Waals surface area contributed by atoms with Crippen LogP contribution in [0.25, 0.3) is 11.1 Å². The topological polar surface area (TPSA) is 75.7 Å². The Morgan fingerprint density at radius 3 is 2.65 bits per heavy atom. The highest BCUT2D eigenvalue weighted by Crippen LogP contribution is 2.36. The Bertz CT molecular complexity index is 1190. The van der Waals surface area contributed by atoms with Crippen LogP contribution in [0.3, 0.4) is 0 Å². The fraction of sp³-hybridized carbons (Fsp3) is 0.435. The highest BCUT2D eigenvalue weighted by molar-refractivity contribution is 7.88. The number of carbonyl (C=O) groups excluding carboxylic acids is 1. The number of rotatable bonds is 6. The van der Waals surface area contributed by atoms with Gasteiger partial charge in [0.05, 0.1) is 18.8 Å². The molecule has 11 heteroatoms. The van der Waals surface area contributed by atoms with Crippen LogP contribution in [0.2, 0.25) is 0 Å². The second-order valence-electron chi connectivity index (χ2n) is 8.69. The molecule has 6 nitrogen and oxygen atoms in total. The third-order valence-electron chi connectivity index (χ3n) is 6.06. The number of nitrogens with zero attached hydrogens (tertiary/aromatic N) is 1. The molecule has 0 aromatic heterocycles. The Labute approximate surface area is 194 Å². The van der Waals surface area contributed by atoms with E-state index in [4.69, 9.17) is 4.74 Å². The van der Waals surface area contributed by atoms with E-state index in [-0.39, 0.29) is 12.0 Å². The molecule has 0 unspecified atom stereocenters. The Balaban J connectivity index is 1.69. The van der Waals surface area contributed by atoms with Crippen molar-refractivity contribution >= 4 is 15.9 Å². The lowest BCUT2D eigenvalue weighted by Crippen LogP contribution is -2.52. The summed E-state index contributed by atoms with van der Waals surface area (Å²) in [5, 5.41) is 0. The van der Waals surface area contributed by atoms with Gasteiger partial charge in [0.1, 0.15) is 23.8 Å². The Kier molecular flexibility index (Phi) is 6.71. The Morgan fingerprint density at radius 2 is 1.97 bits per heavy atom. The van der Waals surface area contributed by atoms with Crippen molar-refractivity contribution in [3.63, 3.8) is 0 Å². The molecule has 2 aliphatic rings. The van der Waals surface area contributed by atoms with Gasteiger partial charge in [0.2, 0.25) is 10.0 Å². The van der Waals surface area contributed by atoms with Crippen LogP contribution in [0.1, 0.15) is 18.4 Å². The first-order valence-corrected chi connectivity index (χ1v) is 12.7. The molecule has 2 aliphatic heterocycles. The largest absolute Gasteiger partial charge is 0.368 e. The number of hydrogen-bond acceptors (Lipinski definition) is 4. The summed E-state index contributed by atoms with van der Waals surface area (Å²) >= 11 is 0. The van der Waals surface area contributed by atoms with Crippen LogP contribution in [0, 0.1) is 11.6 Å². The highest BCUT2D eigenvalue weighted by atomic mass is 32.2. The number of benzene rings is 2. The molecule has 2 fully saturated rings. The van der Waals surface area contributed by atoms with Crippen LogP contribution < -0.4 is 4.72 Å². The zero-order chi connectivity index (χ0) is 24.7. The van der Waals surface area contributed by atoms with Crippen LogP contribution in [-0.4, -0.2) is 62.7 Å². The van der Waals surface area contributed by atoms with Crippen LogP contribution in [0.4, 0.5) is 17.6 Å². The summed E-state index contributed by atoms with van der Waals surface area (Å²) in [5.41, 5.74) is 0.773. The molecule has 0 aliphatic carbocycles. The van der Waals surface area contributed by atoms with Crippen molar-refractivity contribution in [1.82, 2.24) is 9.62 Å². The van der Waals surface area contributed by atoms with Crippen LogP contribution in [0.5, 0.6) is 0 Å². The zero-order valence-electron chi connectivity index (χ0n) is 18.3. The van der Waals surface area contributed by atoms with Gasteiger partial charge in [-0.3, -0.25) is 4.79 Å². The molecule has 1 N–H and O–H groups in total. The van der Waals surface area contributed by atoms with Crippen molar-refractivity contribution in [3.05, 3.63) is 59.7 Å². The van der Waals surface area contributed by atoms with E-state index >= 15 is 0 Å². The summed E-state index contributed by atoms with van der Waals surface area (Å²) in [4.78, 5) is 14.0. The van der Waals surface area contributed by atoms with Gasteiger partial charge in [0.15, 0.2) is 0 Å². The molecule has 1 amide bonds. The zero-order valence-corrected chi connectivity index (χ0v) is 19.1. The average Bonchev–Trinajstić information content (AvgIpc) is 3.37. The van der Waals surface area contributed by atoms with Gasteiger partial charge in [-0.2, -0.15) is 0 Å². The van der Waals surface area contributed by atoms with Crippen LogP contribution in [0.15, 0.2) is 42.5 Å². The molecule has 0 spiro atoms. The maximum atomic E-state index is 15.0. The minimum Gasteiger partial charge on any atom is -0.368 e. The number of nitrogens with one attached hydrogen (secondary N) is 1. The third kappa shape index (κ3) is 5.26. The van der Waals surface area contributed by atoms with Crippen molar-refractivity contribution in [3.8, 4) is 11.1 Å². The molecular weight excluding hydrogens is 476 g/mol. The summed E-state index contributed by atoms with van der Waals surface area (Å²) < 4.78 is 89.0. The molecule has 0 radical (unpaired) electrons. The molecule has 34 heavy (non-hydrogen) atoms. The van der Waals surface area contributed by atoms with E-state index in [0.717, 1.165) is 29.4 Å². The van der Waals surface area contributed by atoms with E-state index in [0.29, 0.717) is 30.6 Å². The lowest BCUT2D eigenvalue weighted by molar-refractivity contribution is -0.143. The minimum atomic E-state index is -4.02. The molecular formula is C23H24F4N2O4S. The Morgan fingerprint density at radius 1 is 1.21 bits per heavy atom. The monoisotopic (exact) mass is 500 g/mol. The first-order valence-electron chi connectivity index (χ1n) is 10.8. The summed E-state index contributed by atoms with van der Waals surface area (Å²) in [6.07, 6.45) is 0.802. The molecule has 2 aromatic carbocycles. The molecule has 4 rings (SSSR count). The number of carbonyl (C=O) groups is 1. The molecule has 3 atom stereocenters. The van der Waals surface area contributed by atoms with E-state index in [1.807, 2.05) is 4.72 Å². The molecule has 2 saturated heterocycles. The number of amides is 1. The predicted molar refractivity (Wildman–Crippen MR) is 117 cm³/mol. The van der Waals surface area contributed by atoms with Gasteiger partial charge in [-0.25, -0.2) is 30.7 Å². The summed E-state index contributed by atoms with van der Waals surface area (Å²) in [6, 6.07) is 6.15. The number of likely N-dealkylation sites (tertiary alicyclic amines) is 1. The number of ether oxygens (including phenoxy) is 1. The van der Waals surface area contributed by atoms with Crippen molar-refractivity contribution < 1.29 is 35.5 Å². The van der Waals surface area contributed by atoms with E-state index in [1.54, 1.807) is 18.2 Å². The maximum absolute atomic E-state index is 15.0. The van der Waals surface area contributed by atoms with Gasteiger partial charge in [0, 0.05) is 12.2 Å². The first kappa shape index (κ1) is 24.6. The number of sulfonamides is 1. The molecule has 0 bridgehead atoms. The molecule has 0 saturated carbocycles. The summed E-state index contributed by atoms with van der Waals surface area (Å²) in [7, 11) is -4.02.